The van der Waals surface area contributed by atoms with E-state index in [4.69, 9.17) is 5.73 Å². The maximum absolute atomic E-state index is 13.0. The van der Waals surface area contributed by atoms with Crippen LogP contribution < -0.4 is 5.73 Å². The van der Waals surface area contributed by atoms with Crippen molar-refractivity contribution in [2.24, 2.45) is 11.7 Å². The molecule has 0 aromatic heterocycles. The van der Waals surface area contributed by atoms with E-state index in [1.807, 2.05) is 30.3 Å². The molecule has 3 aliphatic rings. The van der Waals surface area contributed by atoms with E-state index >= 15 is 0 Å². The molecule has 2 amide bonds. The number of hydrogen-bond donors (Lipinski definition) is 1. The number of amides is 2. The van der Waals surface area contributed by atoms with Crippen molar-refractivity contribution in [1.29, 1.82) is 0 Å². The van der Waals surface area contributed by atoms with Gasteiger partial charge in [-0.05, 0) is 12.0 Å². The molecule has 0 radical (unpaired) electrons. The lowest BCUT2D eigenvalue weighted by molar-refractivity contribution is -0.135. The molecule has 0 aliphatic carbocycles. The van der Waals surface area contributed by atoms with Crippen molar-refractivity contribution in [2.75, 3.05) is 31.1 Å². The van der Waals surface area contributed by atoms with Gasteiger partial charge in [-0.2, -0.15) is 0 Å². The zero-order valence-electron chi connectivity index (χ0n) is 15.2. The Hall–Kier alpha value is -1.93. The third-order valence-electron chi connectivity index (χ3n) is 6.06. The monoisotopic (exact) mass is 391 g/mol. The van der Waals surface area contributed by atoms with E-state index in [1.165, 1.54) is 0 Å². The molecule has 3 saturated heterocycles. The van der Waals surface area contributed by atoms with E-state index in [9.17, 15) is 18.0 Å². The minimum Gasteiger partial charge on any atom is -0.340 e. The molecular weight excluding hydrogens is 366 g/mol. The van der Waals surface area contributed by atoms with Gasteiger partial charge in [-0.15, -0.1) is 0 Å². The highest BCUT2D eigenvalue weighted by atomic mass is 32.2. The predicted molar refractivity (Wildman–Crippen MR) is 101 cm³/mol. The van der Waals surface area contributed by atoms with Crippen molar-refractivity contribution in [3.05, 3.63) is 35.9 Å². The van der Waals surface area contributed by atoms with Gasteiger partial charge >= 0.3 is 0 Å². The van der Waals surface area contributed by atoms with Gasteiger partial charge < -0.3 is 15.5 Å². The highest BCUT2D eigenvalue weighted by Gasteiger charge is 2.44. The van der Waals surface area contributed by atoms with Crippen molar-refractivity contribution in [2.45, 2.75) is 30.8 Å². The highest BCUT2D eigenvalue weighted by molar-refractivity contribution is 7.91. The Kier molecular flexibility index (Phi) is 4.71. The van der Waals surface area contributed by atoms with Gasteiger partial charge in [0.25, 0.3) is 0 Å². The molecule has 8 heteroatoms. The van der Waals surface area contributed by atoms with Gasteiger partial charge in [0.05, 0.1) is 17.4 Å². The first kappa shape index (κ1) is 18.4. The number of carbonyl (C=O) groups excluding carboxylic acids is 2. The summed E-state index contributed by atoms with van der Waals surface area (Å²) in [6, 6.07) is 9.54. The third kappa shape index (κ3) is 3.60. The normalized spacial score (nSPS) is 33.0. The molecule has 3 aliphatic heterocycles. The molecule has 146 valence electrons. The lowest BCUT2D eigenvalue weighted by Gasteiger charge is -2.24. The Morgan fingerprint density at radius 2 is 1.85 bits per heavy atom. The van der Waals surface area contributed by atoms with Crippen molar-refractivity contribution >= 4 is 21.7 Å². The molecule has 0 saturated carbocycles. The largest absolute Gasteiger partial charge is 0.340 e. The Bertz CT molecular complexity index is 842. The standard InChI is InChI=1S/C19H25N3O4S/c20-17-11-21(10-16(17)13-4-2-1-3-5-13)19(24)14-8-18(23)22(9-14)15-6-7-27(25,26)12-15/h1-5,14-17H,6-12,20H2/t14?,15?,16-,17+/m0/s1. The third-order valence-corrected chi connectivity index (χ3v) is 7.81. The van der Waals surface area contributed by atoms with Crippen molar-refractivity contribution in [3.8, 4) is 0 Å². The smallest absolute Gasteiger partial charge is 0.228 e. The minimum atomic E-state index is -3.06. The van der Waals surface area contributed by atoms with E-state index in [-0.39, 0.29) is 47.7 Å². The lowest BCUT2D eigenvalue weighted by atomic mass is 9.95. The van der Waals surface area contributed by atoms with Gasteiger partial charge in [0.15, 0.2) is 9.84 Å². The zero-order chi connectivity index (χ0) is 19.2. The summed E-state index contributed by atoms with van der Waals surface area (Å²) in [7, 11) is -3.06. The first-order valence-electron chi connectivity index (χ1n) is 9.43. The van der Waals surface area contributed by atoms with E-state index in [0.717, 1.165) is 5.56 Å². The summed E-state index contributed by atoms with van der Waals surface area (Å²) < 4.78 is 23.4. The van der Waals surface area contributed by atoms with Crippen LogP contribution in [0.4, 0.5) is 0 Å². The van der Waals surface area contributed by atoms with Crippen LogP contribution in [0.2, 0.25) is 0 Å². The van der Waals surface area contributed by atoms with Gasteiger partial charge in [-0.3, -0.25) is 9.59 Å². The van der Waals surface area contributed by atoms with Crippen molar-refractivity contribution in [3.63, 3.8) is 0 Å². The van der Waals surface area contributed by atoms with Gasteiger partial charge in [-0.1, -0.05) is 30.3 Å². The van der Waals surface area contributed by atoms with Gasteiger partial charge in [0, 0.05) is 44.1 Å². The predicted octanol–water partition coefficient (Wildman–Crippen LogP) is -0.0247. The maximum Gasteiger partial charge on any atom is 0.228 e. The highest BCUT2D eigenvalue weighted by Crippen LogP contribution is 2.31. The summed E-state index contributed by atoms with van der Waals surface area (Å²) in [6.45, 7) is 1.37. The van der Waals surface area contributed by atoms with Gasteiger partial charge in [0.2, 0.25) is 11.8 Å². The second-order valence-electron chi connectivity index (χ2n) is 7.93. The molecule has 0 spiro atoms. The molecule has 2 unspecified atom stereocenters. The molecule has 0 bridgehead atoms. The van der Waals surface area contributed by atoms with Crippen LogP contribution in [0.1, 0.15) is 24.3 Å². The Morgan fingerprint density at radius 1 is 1.11 bits per heavy atom. The summed E-state index contributed by atoms with van der Waals surface area (Å²) in [5, 5.41) is 0. The van der Waals surface area contributed by atoms with Crippen molar-refractivity contribution < 1.29 is 18.0 Å². The molecule has 27 heavy (non-hydrogen) atoms. The second-order valence-corrected chi connectivity index (χ2v) is 10.2. The fraction of sp³-hybridized carbons (Fsp3) is 0.579. The molecule has 2 N–H and O–H groups in total. The van der Waals surface area contributed by atoms with Crippen LogP contribution in [-0.2, 0) is 19.4 Å². The summed E-state index contributed by atoms with van der Waals surface area (Å²) in [6.07, 6.45) is 0.636. The van der Waals surface area contributed by atoms with Crippen LogP contribution in [0.25, 0.3) is 0 Å². The summed E-state index contributed by atoms with van der Waals surface area (Å²) in [5.74, 6) is -0.311. The number of nitrogens with two attached hydrogens (primary N) is 1. The van der Waals surface area contributed by atoms with Gasteiger partial charge in [-0.25, -0.2) is 8.42 Å². The summed E-state index contributed by atoms with van der Waals surface area (Å²) in [5.41, 5.74) is 7.41. The lowest BCUT2D eigenvalue weighted by Crippen LogP contribution is -2.40. The van der Waals surface area contributed by atoms with E-state index in [0.29, 0.717) is 26.1 Å². The quantitative estimate of drug-likeness (QED) is 0.780. The Balaban J connectivity index is 1.41. The first-order chi connectivity index (χ1) is 12.8. The van der Waals surface area contributed by atoms with Gasteiger partial charge in [0.1, 0.15) is 0 Å². The van der Waals surface area contributed by atoms with Crippen molar-refractivity contribution in [1.82, 2.24) is 9.80 Å². The summed E-state index contributed by atoms with van der Waals surface area (Å²) in [4.78, 5) is 28.7. The van der Waals surface area contributed by atoms with Crippen LogP contribution in [0.5, 0.6) is 0 Å². The maximum atomic E-state index is 13.0. The molecule has 3 fully saturated rings. The molecular formula is C19H25N3O4S. The Morgan fingerprint density at radius 3 is 2.52 bits per heavy atom. The van der Waals surface area contributed by atoms with Crippen LogP contribution in [0, 0.1) is 5.92 Å². The first-order valence-corrected chi connectivity index (χ1v) is 11.3. The average molecular weight is 391 g/mol. The molecule has 7 nitrogen and oxygen atoms in total. The minimum absolute atomic E-state index is 0.0182. The number of rotatable bonds is 3. The molecule has 1 aromatic carbocycles. The number of hydrogen-bond acceptors (Lipinski definition) is 5. The SMILES string of the molecule is N[C@@H]1CN(C(=O)C2CC(=O)N(C3CCS(=O)(=O)C3)C2)C[C@H]1c1ccccc1. The second kappa shape index (κ2) is 6.91. The van der Waals surface area contributed by atoms with Crippen LogP contribution in [0.15, 0.2) is 30.3 Å². The fourth-order valence-corrected chi connectivity index (χ4v) is 6.32. The van der Waals surface area contributed by atoms with E-state index in [1.54, 1.807) is 9.80 Å². The average Bonchev–Trinajstić information content (AvgIpc) is 3.31. The fourth-order valence-electron chi connectivity index (χ4n) is 4.59. The number of carbonyl (C=O) groups is 2. The van der Waals surface area contributed by atoms with Crippen LogP contribution in [-0.4, -0.2) is 73.3 Å². The Labute approximate surface area is 159 Å². The topological polar surface area (TPSA) is 101 Å². The molecule has 3 heterocycles. The molecule has 1 aromatic rings. The number of sulfone groups is 1. The number of nitrogens with zero attached hydrogens (tertiary/aromatic N) is 2. The van der Waals surface area contributed by atoms with E-state index < -0.39 is 15.8 Å². The van der Waals surface area contributed by atoms with Crippen LogP contribution >= 0.6 is 0 Å². The molecule has 4 rings (SSSR count). The van der Waals surface area contributed by atoms with Crippen LogP contribution in [0.3, 0.4) is 0 Å². The summed E-state index contributed by atoms with van der Waals surface area (Å²) >= 11 is 0. The zero-order valence-corrected chi connectivity index (χ0v) is 16.0. The number of benzene rings is 1. The number of likely N-dealkylation sites (tertiary alicyclic amines) is 2. The molecule has 4 atom stereocenters. The van der Waals surface area contributed by atoms with E-state index in [2.05, 4.69) is 0 Å².